The minimum atomic E-state index is 0.921. The summed E-state index contributed by atoms with van der Waals surface area (Å²) in [4.78, 5) is 0. The van der Waals surface area contributed by atoms with Crippen molar-refractivity contribution in [2.45, 2.75) is 5.75 Å². The molecule has 0 aromatic heterocycles. The van der Waals surface area contributed by atoms with Gasteiger partial charge in [0.15, 0.2) is 0 Å². The van der Waals surface area contributed by atoms with Gasteiger partial charge in [0.05, 0.1) is 0 Å². The van der Waals surface area contributed by atoms with Crippen LogP contribution in [0.25, 0.3) is 0 Å². The maximum Gasteiger partial charge on any atom is 0.0404 e. The number of benzene rings is 1. The second-order valence-electron chi connectivity index (χ2n) is 1.89. The smallest absolute Gasteiger partial charge is 0.0404 e. The van der Waals surface area contributed by atoms with E-state index >= 15 is 0 Å². The number of nitrogens with zero attached hydrogens (tertiary/aromatic N) is 1. The van der Waals surface area contributed by atoms with Gasteiger partial charge in [0.2, 0.25) is 0 Å². The lowest BCUT2D eigenvalue weighted by Crippen LogP contribution is -1.74. The quantitative estimate of drug-likeness (QED) is 0.477. The highest BCUT2D eigenvalue weighted by atomic mass is 32.2. The molecular weight excluding hydrogens is 142 g/mol. The summed E-state index contributed by atoms with van der Waals surface area (Å²) in [7, 11) is 0. The predicted octanol–water partition coefficient (Wildman–Crippen LogP) is 2.54. The molecule has 0 saturated carbocycles. The van der Waals surface area contributed by atoms with E-state index in [0.29, 0.717) is 0 Å². The molecule has 0 bridgehead atoms. The van der Waals surface area contributed by atoms with Crippen LogP contribution >= 0.6 is 11.9 Å². The molecule has 52 valence electrons. The second kappa shape index (κ2) is 4.12. The minimum absolute atomic E-state index is 0.921. The number of hydrogen-bond donors (Lipinski definition) is 0. The van der Waals surface area contributed by atoms with Crippen molar-refractivity contribution in [1.82, 2.24) is 0 Å². The zero-order valence-corrected chi connectivity index (χ0v) is 6.47. The highest BCUT2D eigenvalue weighted by molar-refractivity contribution is 7.97. The molecule has 1 nitrogen and oxygen atoms in total. The first kappa shape index (κ1) is 7.35. The van der Waals surface area contributed by atoms with E-state index in [1.807, 2.05) is 18.2 Å². The largest absolute Gasteiger partial charge is 0.232 e. The second-order valence-corrected chi connectivity index (χ2v) is 2.69. The SMILES string of the molecule is C=NSCc1ccccc1. The van der Waals surface area contributed by atoms with E-state index in [1.165, 1.54) is 17.5 Å². The van der Waals surface area contributed by atoms with Gasteiger partial charge in [-0.05, 0) is 24.2 Å². The van der Waals surface area contributed by atoms with Gasteiger partial charge >= 0.3 is 0 Å². The van der Waals surface area contributed by atoms with Crippen LogP contribution in [0.15, 0.2) is 34.7 Å². The first-order valence-corrected chi connectivity index (χ1v) is 3.99. The van der Waals surface area contributed by atoms with E-state index in [9.17, 15) is 0 Å². The fourth-order valence-electron chi connectivity index (χ4n) is 0.694. The van der Waals surface area contributed by atoms with Crippen LogP contribution in [0.2, 0.25) is 0 Å². The van der Waals surface area contributed by atoms with Gasteiger partial charge in [-0.2, -0.15) is 0 Å². The van der Waals surface area contributed by atoms with Gasteiger partial charge in [-0.1, -0.05) is 30.3 Å². The highest BCUT2D eigenvalue weighted by Gasteiger charge is 1.87. The molecule has 10 heavy (non-hydrogen) atoms. The molecule has 2 heteroatoms. The first-order chi connectivity index (χ1) is 4.93. The molecule has 0 N–H and O–H groups in total. The fraction of sp³-hybridized carbons (Fsp3) is 0.125. The minimum Gasteiger partial charge on any atom is -0.232 e. The van der Waals surface area contributed by atoms with E-state index in [0.717, 1.165) is 5.75 Å². The van der Waals surface area contributed by atoms with Gasteiger partial charge in [0.25, 0.3) is 0 Å². The van der Waals surface area contributed by atoms with Crippen LogP contribution in [0.3, 0.4) is 0 Å². The Kier molecular flexibility index (Phi) is 3.03. The maximum atomic E-state index is 3.70. The van der Waals surface area contributed by atoms with Gasteiger partial charge in [-0.15, -0.1) is 0 Å². The zero-order valence-electron chi connectivity index (χ0n) is 5.66. The third-order valence-corrected chi connectivity index (χ3v) is 1.81. The monoisotopic (exact) mass is 151 g/mol. The molecule has 0 amide bonds. The van der Waals surface area contributed by atoms with Crippen molar-refractivity contribution in [3.05, 3.63) is 35.9 Å². The van der Waals surface area contributed by atoms with Crippen LogP contribution < -0.4 is 0 Å². The van der Waals surface area contributed by atoms with Crippen molar-refractivity contribution in [3.63, 3.8) is 0 Å². The third-order valence-electron chi connectivity index (χ3n) is 1.17. The summed E-state index contributed by atoms with van der Waals surface area (Å²) in [6.45, 7) is 3.39. The summed E-state index contributed by atoms with van der Waals surface area (Å²) in [5.41, 5.74) is 1.29. The summed E-state index contributed by atoms with van der Waals surface area (Å²) in [6.07, 6.45) is 0. The Labute approximate surface area is 65.3 Å². The molecule has 1 rings (SSSR count). The van der Waals surface area contributed by atoms with Crippen molar-refractivity contribution in [2.75, 3.05) is 0 Å². The molecule has 0 aliphatic carbocycles. The van der Waals surface area contributed by atoms with Gasteiger partial charge in [0, 0.05) is 5.75 Å². The molecule has 0 spiro atoms. The predicted molar refractivity (Wildman–Crippen MR) is 47.3 cm³/mol. The highest BCUT2D eigenvalue weighted by Crippen LogP contribution is 2.10. The first-order valence-electron chi connectivity index (χ1n) is 3.05. The number of rotatable bonds is 3. The van der Waals surface area contributed by atoms with Gasteiger partial charge in [-0.25, -0.2) is 4.40 Å². The van der Waals surface area contributed by atoms with E-state index in [2.05, 4.69) is 23.2 Å². The Morgan fingerprint density at radius 1 is 1.30 bits per heavy atom. The fourth-order valence-corrected chi connectivity index (χ4v) is 1.13. The van der Waals surface area contributed by atoms with Gasteiger partial charge in [-0.3, -0.25) is 0 Å². The Morgan fingerprint density at radius 2 is 2.00 bits per heavy atom. The Morgan fingerprint density at radius 3 is 2.60 bits per heavy atom. The van der Waals surface area contributed by atoms with Crippen LogP contribution in [-0.4, -0.2) is 6.72 Å². The van der Waals surface area contributed by atoms with Crippen LogP contribution in [0.5, 0.6) is 0 Å². The average Bonchev–Trinajstić information content (AvgIpc) is 2.03. The summed E-state index contributed by atoms with van der Waals surface area (Å²) in [5.74, 6) is 0.921. The summed E-state index contributed by atoms with van der Waals surface area (Å²) >= 11 is 1.48. The molecule has 1 aromatic rings. The van der Waals surface area contributed by atoms with Crippen LogP contribution in [0.4, 0.5) is 0 Å². The molecule has 0 fully saturated rings. The van der Waals surface area contributed by atoms with Gasteiger partial charge < -0.3 is 0 Å². The summed E-state index contributed by atoms with van der Waals surface area (Å²) < 4.78 is 3.70. The van der Waals surface area contributed by atoms with E-state index < -0.39 is 0 Å². The van der Waals surface area contributed by atoms with E-state index in [4.69, 9.17) is 0 Å². The number of hydrogen-bond acceptors (Lipinski definition) is 2. The Bertz CT molecular complexity index is 196. The van der Waals surface area contributed by atoms with Crippen LogP contribution in [-0.2, 0) is 5.75 Å². The summed E-state index contributed by atoms with van der Waals surface area (Å²) in [6, 6.07) is 10.2. The third kappa shape index (κ3) is 2.23. The molecule has 0 atom stereocenters. The molecule has 1 aromatic carbocycles. The van der Waals surface area contributed by atoms with E-state index in [-0.39, 0.29) is 0 Å². The van der Waals surface area contributed by atoms with Crippen molar-refractivity contribution in [1.29, 1.82) is 0 Å². The van der Waals surface area contributed by atoms with Crippen molar-refractivity contribution in [2.24, 2.45) is 4.40 Å². The molecule has 0 heterocycles. The molecule has 0 unspecified atom stereocenters. The topological polar surface area (TPSA) is 12.4 Å². The summed E-state index contributed by atoms with van der Waals surface area (Å²) in [5, 5.41) is 0. The van der Waals surface area contributed by atoms with Crippen molar-refractivity contribution in [3.8, 4) is 0 Å². The average molecular weight is 151 g/mol. The normalized spacial score (nSPS) is 9.20. The van der Waals surface area contributed by atoms with Crippen LogP contribution in [0, 0.1) is 0 Å². The lowest BCUT2D eigenvalue weighted by molar-refractivity contribution is 1.42. The molecular formula is C8H9NS. The van der Waals surface area contributed by atoms with Crippen molar-refractivity contribution >= 4 is 18.7 Å². The molecule has 0 aliphatic rings. The lowest BCUT2D eigenvalue weighted by Gasteiger charge is -1.93. The molecule has 0 saturated heterocycles. The van der Waals surface area contributed by atoms with Gasteiger partial charge in [0.1, 0.15) is 0 Å². The zero-order chi connectivity index (χ0) is 7.23. The van der Waals surface area contributed by atoms with Crippen LogP contribution in [0.1, 0.15) is 5.56 Å². The Hall–Kier alpha value is -0.760. The van der Waals surface area contributed by atoms with E-state index in [1.54, 1.807) is 0 Å². The van der Waals surface area contributed by atoms with Crippen molar-refractivity contribution < 1.29 is 0 Å². The molecule has 0 radical (unpaired) electrons. The standard InChI is InChI=1S/C8H9NS/c1-9-10-7-8-5-3-2-4-6-8/h2-6H,1,7H2. The lowest BCUT2D eigenvalue weighted by atomic mass is 10.2. The Balaban J connectivity index is 2.50. The molecule has 0 aliphatic heterocycles. The maximum absolute atomic E-state index is 3.70.